The molecule has 0 radical (unpaired) electrons. The molecule has 0 aliphatic carbocycles. The Morgan fingerprint density at radius 1 is 1.58 bits per heavy atom. The normalized spacial score (nSPS) is 28.6. The van der Waals surface area contributed by atoms with Crippen molar-refractivity contribution in [2.75, 3.05) is 0 Å². The van der Waals surface area contributed by atoms with Gasteiger partial charge in [-0.2, -0.15) is 0 Å². The molecule has 0 saturated carbocycles. The van der Waals surface area contributed by atoms with Gasteiger partial charge < -0.3 is 9.84 Å². The molecule has 0 spiro atoms. The zero-order chi connectivity index (χ0) is 9.19. The highest BCUT2D eigenvalue weighted by atomic mass is 16.5. The first-order chi connectivity index (χ1) is 5.49. The third-order valence-electron chi connectivity index (χ3n) is 1.69. The van der Waals surface area contributed by atoms with Crippen LogP contribution in [0.4, 0.5) is 0 Å². The maximum Gasteiger partial charge on any atom is 0.105 e. The minimum Gasteiger partial charge on any atom is -0.470 e. The van der Waals surface area contributed by atoms with Gasteiger partial charge in [0.1, 0.15) is 11.4 Å². The van der Waals surface area contributed by atoms with Gasteiger partial charge in [0, 0.05) is 6.42 Å². The van der Waals surface area contributed by atoms with Crippen LogP contribution >= 0.6 is 0 Å². The van der Waals surface area contributed by atoms with E-state index < -0.39 is 5.60 Å². The quantitative estimate of drug-likeness (QED) is 0.685. The largest absolute Gasteiger partial charge is 0.470 e. The molecular weight excluding hydrogens is 152 g/mol. The van der Waals surface area contributed by atoms with E-state index >= 15 is 0 Å². The Kier molecular flexibility index (Phi) is 2.58. The molecule has 1 rings (SSSR count). The average molecular weight is 168 g/mol. The van der Waals surface area contributed by atoms with Crippen molar-refractivity contribution in [2.45, 2.75) is 32.8 Å². The number of hydrogen-bond acceptors (Lipinski definition) is 2. The standard InChI is InChI=1S/C10H16O2/c1-8(2)6-9-7-10(3,11)4-5-12-9/h4-5,7-8,11H,6H2,1-3H3. The summed E-state index contributed by atoms with van der Waals surface area (Å²) in [5, 5.41) is 9.61. The first-order valence-electron chi connectivity index (χ1n) is 4.28. The molecule has 0 aromatic rings. The fourth-order valence-corrected chi connectivity index (χ4v) is 1.18. The number of aliphatic hydroxyl groups is 1. The summed E-state index contributed by atoms with van der Waals surface area (Å²) in [5.41, 5.74) is -0.831. The Bertz CT molecular complexity index is 212. The lowest BCUT2D eigenvalue weighted by Gasteiger charge is -2.21. The van der Waals surface area contributed by atoms with Crippen molar-refractivity contribution in [2.24, 2.45) is 5.92 Å². The molecule has 0 amide bonds. The topological polar surface area (TPSA) is 29.5 Å². The molecule has 0 aromatic carbocycles. The monoisotopic (exact) mass is 168 g/mol. The molecular formula is C10H16O2. The van der Waals surface area contributed by atoms with Crippen molar-refractivity contribution in [3.05, 3.63) is 24.2 Å². The molecule has 1 unspecified atom stereocenters. The van der Waals surface area contributed by atoms with Crippen molar-refractivity contribution in [3.8, 4) is 0 Å². The van der Waals surface area contributed by atoms with E-state index in [1.807, 2.05) is 0 Å². The Morgan fingerprint density at radius 2 is 2.25 bits per heavy atom. The van der Waals surface area contributed by atoms with Crippen LogP contribution in [0.15, 0.2) is 24.2 Å². The second kappa shape index (κ2) is 3.31. The first kappa shape index (κ1) is 9.33. The van der Waals surface area contributed by atoms with E-state index in [2.05, 4.69) is 13.8 Å². The van der Waals surface area contributed by atoms with Crippen LogP contribution in [-0.2, 0) is 4.74 Å². The summed E-state index contributed by atoms with van der Waals surface area (Å²) in [6.45, 7) is 5.99. The highest BCUT2D eigenvalue weighted by Crippen LogP contribution is 2.22. The Morgan fingerprint density at radius 3 is 2.75 bits per heavy atom. The van der Waals surface area contributed by atoms with E-state index in [0.717, 1.165) is 12.2 Å². The minimum absolute atomic E-state index is 0.554. The second-order valence-electron chi connectivity index (χ2n) is 3.86. The maximum atomic E-state index is 9.61. The minimum atomic E-state index is -0.831. The van der Waals surface area contributed by atoms with Gasteiger partial charge in [0.15, 0.2) is 0 Å². The fourth-order valence-electron chi connectivity index (χ4n) is 1.18. The summed E-state index contributed by atoms with van der Waals surface area (Å²) in [4.78, 5) is 0. The number of allylic oxidation sites excluding steroid dienone is 1. The van der Waals surface area contributed by atoms with Crippen LogP contribution in [0.5, 0.6) is 0 Å². The zero-order valence-electron chi connectivity index (χ0n) is 7.87. The summed E-state index contributed by atoms with van der Waals surface area (Å²) >= 11 is 0. The van der Waals surface area contributed by atoms with E-state index in [9.17, 15) is 5.11 Å². The van der Waals surface area contributed by atoms with Crippen LogP contribution in [0.3, 0.4) is 0 Å². The second-order valence-corrected chi connectivity index (χ2v) is 3.86. The predicted molar refractivity (Wildman–Crippen MR) is 48.4 cm³/mol. The highest BCUT2D eigenvalue weighted by molar-refractivity contribution is 5.17. The Hall–Kier alpha value is -0.760. The smallest absolute Gasteiger partial charge is 0.105 e. The van der Waals surface area contributed by atoms with Gasteiger partial charge in [0.05, 0.1) is 6.26 Å². The summed E-state index contributed by atoms with van der Waals surface area (Å²) in [7, 11) is 0. The third-order valence-corrected chi connectivity index (χ3v) is 1.69. The summed E-state index contributed by atoms with van der Waals surface area (Å²) in [6, 6.07) is 0. The molecule has 1 atom stereocenters. The Balaban J connectivity index is 2.62. The lowest BCUT2D eigenvalue weighted by atomic mass is 10.0. The van der Waals surface area contributed by atoms with Crippen molar-refractivity contribution in [1.82, 2.24) is 0 Å². The van der Waals surface area contributed by atoms with E-state index in [1.165, 1.54) is 0 Å². The molecule has 1 heterocycles. The van der Waals surface area contributed by atoms with Crippen LogP contribution in [-0.4, -0.2) is 10.7 Å². The van der Waals surface area contributed by atoms with Gasteiger partial charge in [0.2, 0.25) is 0 Å². The molecule has 1 N–H and O–H groups in total. The lowest BCUT2D eigenvalue weighted by molar-refractivity contribution is 0.141. The summed E-state index contributed by atoms with van der Waals surface area (Å²) < 4.78 is 5.24. The molecule has 68 valence electrons. The molecule has 0 aromatic heterocycles. The highest BCUT2D eigenvalue weighted by Gasteiger charge is 2.18. The molecule has 0 bridgehead atoms. The SMILES string of the molecule is CC(C)CC1=CC(C)(O)C=CO1. The van der Waals surface area contributed by atoms with E-state index in [0.29, 0.717) is 5.92 Å². The Labute approximate surface area is 73.5 Å². The molecule has 0 saturated heterocycles. The van der Waals surface area contributed by atoms with Crippen molar-refractivity contribution in [3.63, 3.8) is 0 Å². The molecule has 2 nitrogen and oxygen atoms in total. The van der Waals surface area contributed by atoms with Crippen LogP contribution in [0.2, 0.25) is 0 Å². The molecule has 1 aliphatic heterocycles. The number of ether oxygens (including phenoxy) is 1. The predicted octanol–water partition coefficient (Wildman–Crippen LogP) is 2.21. The van der Waals surface area contributed by atoms with E-state index in [1.54, 1.807) is 25.3 Å². The first-order valence-corrected chi connectivity index (χ1v) is 4.28. The average Bonchev–Trinajstić information content (AvgIpc) is 1.82. The van der Waals surface area contributed by atoms with Crippen LogP contribution in [0, 0.1) is 5.92 Å². The van der Waals surface area contributed by atoms with Crippen molar-refractivity contribution >= 4 is 0 Å². The third kappa shape index (κ3) is 2.70. The van der Waals surface area contributed by atoms with Crippen molar-refractivity contribution in [1.29, 1.82) is 0 Å². The van der Waals surface area contributed by atoms with Crippen molar-refractivity contribution < 1.29 is 9.84 Å². The van der Waals surface area contributed by atoms with Gasteiger partial charge in [-0.3, -0.25) is 0 Å². The molecule has 12 heavy (non-hydrogen) atoms. The maximum absolute atomic E-state index is 9.61. The van der Waals surface area contributed by atoms with Gasteiger partial charge in [-0.15, -0.1) is 0 Å². The number of rotatable bonds is 2. The van der Waals surface area contributed by atoms with Crippen LogP contribution < -0.4 is 0 Å². The van der Waals surface area contributed by atoms with Gasteiger partial charge in [-0.25, -0.2) is 0 Å². The van der Waals surface area contributed by atoms with Crippen LogP contribution in [0.25, 0.3) is 0 Å². The summed E-state index contributed by atoms with van der Waals surface area (Å²) in [5.74, 6) is 1.41. The van der Waals surface area contributed by atoms with Gasteiger partial charge in [-0.05, 0) is 25.0 Å². The van der Waals surface area contributed by atoms with Gasteiger partial charge in [-0.1, -0.05) is 13.8 Å². The van der Waals surface area contributed by atoms with Gasteiger partial charge >= 0.3 is 0 Å². The summed E-state index contributed by atoms with van der Waals surface area (Å²) in [6.07, 6.45) is 5.82. The molecule has 0 fully saturated rings. The van der Waals surface area contributed by atoms with E-state index in [4.69, 9.17) is 4.74 Å². The molecule has 1 aliphatic rings. The molecule has 2 heteroatoms. The van der Waals surface area contributed by atoms with Gasteiger partial charge in [0.25, 0.3) is 0 Å². The zero-order valence-corrected chi connectivity index (χ0v) is 7.87. The van der Waals surface area contributed by atoms with E-state index in [-0.39, 0.29) is 0 Å². The number of hydrogen-bond donors (Lipinski definition) is 1. The van der Waals surface area contributed by atoms with Crippen LogP contribution in [0.1, 0.15) is 27.2 Å². The fraction of sp³-hybridized carbons (Fsp3) is 0.600. The lowest BCUT2D eigenvalue weighted by Crippen LogP contribution is -2.21.